The minimum Gasteiger partial charge on any atom is -0.385 e. The lowest BCUT2D eigenvalue weighted by Gasteiger charge is -2.17. The first kappa shape index (κ1) is 22.2. The summed E-state index contributed by atoms with van der Waals surface area (Å²) in [7, 11) is 0. The Hall–Kier alpha value is -0.830. The molecule has 1 unspecified atom stereocenters. The molecule has 1 heterocycles. The summed E-state index contributed by atoms with van der Waals surface area (Å²) >= 11 is 0. The number of unbranched alkanes of at least 4 members (excludes halogenated alkanes) is 13. The molecule has 1 atom stereocenters. The van der Waals surface area contributed by atoms with Crippen molar-refractivity contribution in [2.75, 3.05) is 13.1 Å². The highest BCUT2D eigenvalue weighted by Gasteiger charge is 2.18. The van der Waals surface area contributed by atoms with Gasteiger partial charge in [0, 0.05) is 12.7 Å². The molecule has 0 aromatic rings. The Morgan fingerprint density at radius 1 is 0.920 bits per heavy atom. The van der Waals surface area contributed by atoms with Gasteiger partial charge in [0.2, 0.25) is 0 Å². The summed E-state index contributed by atoms with van der Waals surface area (Å²) in [5, 5.41) is 9.64. The molecule has 3 heteroatoms. The second-order valence-corrected chi connectivity index (χ2v) is 7.53. The van der Waals surface area contributed by atoms with E-state index < -0.39 is 6.10 Å². The number of hydrogen-bond acceptors (Lipinski definition) is 3. The highest BCUT2D eigenvalue weighted by molar-refractivity contribution is 5.88. The van der Waals surface area contributed by atoms with Crippen LogP contribution in [0, 0.1) is 0 Å². The van der Waals surface area contributed by atoms with Crippen molar-refractivity contribution in [1.82, 2.24) is 4.90 Å². The zero-order chi connectivity index (χ0) is 18.2. The van der Waals surface area contributed by atoms with Gasteiger partial charge < -0.3 is 10.0 Å². The highest BCUT2D eigenvalue weighted by Crippen LogP contribution is 2.13. The molecular weight excluding hydrogens is 308 g/mol. The fraction of sp³-hybridized carbons (Fsp3) is 0.864. The van der Waals surface area contributed by atoms with E-state index in [-0.39, 0.29) is 0 Å². The number of amidine groups is 1. The van der Waals surface area contributed by atoms with E-state index in [1.165, 1.54) is 83.5 Å². The monoisotopic (exact) mass is 350 g/mol. The standard InChI is InChI=1S/C22H42N2O/c1-3-4-5-6-7-8-9-10-11-12-13-14-15-16-17-19-24-20-18-23-22(24)21(2)25/h17,19,21,25H,3-16,18,20H2,1-2H3/b19-17+. The Labute approximate surface area is 156 Å². The summed E-state index contributed by atoms with van der Waals surface area (Å²) in [6.07, 6.45) is 23.3. The third-order valence-electron chi connectivity index (χ3n) is 5.04. The van der Waals surface area contributed by atoms with Crippen LogP contribution in [0.3, 0.4) is 0 Å². The van der Waals surface area contributed by atoms with E-state index in [9.17, 15) is 5.11 Å². The van der Waals surface area contributed by atoms with Gasteiger partial charge >= 0.3 is 0 Å². The van der Waals surface area contributed by atoms with Crippen molar-refractivity contribution in [2.24, 2.45) is 4.99 Å². The molecule has 0 fully saturated rings. The molecule has 146 valence electrons. The van der Waals surface area contributed by atoms with Crippen molar-refractivity contribution in [3.8, 4) is 0 Å². The van der Waals surface area contributed by atoms with E-state index in [0.717, 1.165) is 25.3 Å². The van der Waals surface area contributed by atoms with Crippen LogP contribution < -0.4 is 0 Å². The van der Waals surface area contributed by atoms with Gasteiger partial charge in [-0.2, -0.15) is 0 Å². The molecule has 0 saturated heterocycles. The molecule has 1 aliphatic heterocycles. The van der Waals surface area contributed by atoms with Crippen LogP contribution in [-0.2, 0) is 0 Å². The number of hydrogen-bond donors (Lipinski definition) is 1. The molecule has 0 aromatic heterocycles. The van der Waals surface area contributed by atoms with Gasteiger partial charge in [-0.1, -0.05) is 90.0 Å². The summed E-state index contributed by atoms with van der Waals surface area (Å²) in [5.41, 5.74) is 0. The van der Waals surface area contributed by atoms with Crippen LogP contribution >= 0.6 is 0 Å². The molecule has 0 aliphatic carbocycles. The Kier molecular flexibility index (Phi) is 13.7. The van der Waals surface area contributed by atoms with E-state index in [1.807, 2.05) is 0 Å². The van der Waals surface area contributed by atoms with Gasteiger partial charge in [-0.25, -0.2) is 0 Å². The highest BCUT2D eigenvalue weighted by atomic mass is 16.3. The van der Waals surface area contributed by atoms with Crippen LogP contribution in [0.5, 0.6) is 0 Å². The maximum absolute atomic E-state index is 9.64. The van der Waals surface area contributed by atoms with E-state index >= 15 is 0 Å². The van der Waals surface area contributed by atoms with E-state index in [1.54, 1.807) is 6.92 Å². The second kappa shape index (κ2) is 15.4. The minimum atomic E-state index is -0.455. The number of rotatable bonds is 16. The molecule has 0 aromatic carbocycles. The molecule has 0 amide bonds. The summed E-state index contributed by atoms with van der Waals surface area (Å²) < 4.78 is 0. The maximum Gasteiger partial charge on any atom is 0.132 e. The van der Waals surface area contributed by atoms with Gasteiger partial charge in [-0.3, -0.25) is 4.99 Å². The minimum absolute atomic E-state index is 0.455. The van der Waals surface area contributed by atoms with Crippen LogP contribution in [0.25, 0.3) is 0 Å². The number of aliphatic hydroxyl groups excluding tert-OH is 1. The first-order chi connectivity index (χ1) is 12.3. The third-order valence-corrected chi connectivity index (χ3v) is 5.04. The average molecular weight is 351 g/mol. The van der Waals surface area contributed by atoms with Gasteiger partial charge in [0.25, 0.3) is 0 Å². The number of aliphatic imine (C=N–C) groups is 1. The molecule has 25 heavy (non-hydrogen) atoms. The number of nitrogens with zero attached hydrogens (tertiary/aromatic N) is 2. The maximum atomic E-state index is 9.64. The van der Waals surface area contributed by atoms with Crippen LogP contribution in [0.1, 0.15) is 104 Å². The number of allylic oxidation sites excluding steroid dienone is 1. The summed E-state index contributed by atoms with van der Waals surface area (Å²) in [5.74, 6) is 0.821. The van der Waals surface area contributed by atoms with E-state index in [0.29, 0.717) is 0 Å². The topological polar surface area (TPSA) is 35.8 Å². The molecular formula is C22H42N2O. The first-order valence-corrected chi connectivity index (χ1v) is 10.9. The van der Waals surface area contributed by atoms with Crippen LogP contribution in [0.4, 0.5) is 0 Å². The lowest BCUT2D eigenvalue weighted by atomic mass is 10.0. The zero-order valence-corrected chi connectivity index (χ0v) is 16.9. The zero-order valence-electron chi connectivity index (χ0n) is 16.9. The third kappa shape index (κ3) is 11.4. The molecule has 3 nitrogen and oxygen atoms in total. The Morgan fingerprint density at radius 3 is 1.96 bits per heavy atom. The predicted octanol–water partition coefficient (Wildman–Crippen LogP) is 6.08. The van der Waals surface area contributed by atoms with Gasteiger partial charge in [0.1, 0.15) is 11.9 Å². The molecule has 1 aliphatic rings. The molecule has 0 saturated carbocycles. The van der Waals surface area contributed by atoms with Crippen LogP contribution in [-0.4, -0.2) is 35.0 Å². The van der Waals surface area contributed by atoms with Gasteiger partial charge in [0.15, 0.2) is 0 Å². The molecule has 0 radical (unpaired) electrons. The van der Waals surface area contributed by atoms with Crippen molar-refractivity contribution in [3.05, 3.63) is 12.3 Å². The lowest BCUT2D eigenvalue weighted by Crippen LogP contribution is -2.30. The Bertz CT molecular complexity index is 363. The van der Waals surface area contributed by atoms with Gasteiger partial charge in [0.05, 0.1) is 6.54 Å². The quantitative estimate of drug-likeness (QED) is 0.343. The van der Waals surface area contributed by atoms with Crippen LogP contribution in [0.15, 0.2) is 17.3 Å². The summed E-state index contributed by atoms with van der Waals surface area (Å²) in [4.78, 5) is 6.44. The van der Waals surface area contributed by atoms with Gasteiger partial charge in [-0.15, -0.1) is 0 Å². The van der Waals surface area contributed by atoms with Crippen molar-refractivity contribution in [3.63, 3.8) is 0 Å². The van der Waals surface area contributed by atoms with E-state index in [2.05, 4.69) is 29.1 Å². The molecule has 0 spiro atoms. The van der Waals surface area contributed by atoms with Crippen molar-refractivity contribution < 1.29 is 5.11 Å². The fourth-order valence-corrected chi connectivity index (χ4v) is 3.48. The normalized spacial score (nSPS) is 16.0. The van der Waals surface area contributed by atoms with Crippen molar-refractivity contribution in [2.45, 2.75) is 110 Å². The van der Waals surface area contributed by atoms with Gasteiger partial charge in [-0.05, 0) is 19.8 Å². The summed E-state index contributed by atoms with van der Waals surface area (Å²) in [6.45, 7) is 5.79. The largest absolute Gasteiger partial charge is 0.385 e. The van der Waals surface area contributed by atoms with Crippen LogP contribution in [0.2, 0.25) is 0 Å². The fourth-order valence-electron chi connectivity index (χ4n) is 3.48. The van der Waals surface area contributed by atoms with Crippen molar-refractivity contribution >= 4 is 5.84 Å². The van der Waals surface area contributed by atoms with Crippen molar-refractivity contribution in [1.29, 1.82) is 0 Å². The predicted molar refractivity (Wildman–Crippen MR) is 110 cm³/mol. The Balaban J connectivity index is 1.83. The lowest BCUT2D eigenvalue weighted by molar-refractivity contribution is 0.250. The molecule has 1 N–H and O–H groups in total. The average Bonchev–Trinajstić information content (AvgIpc) is 3.07. The summed E-state index contributed by atoms with van der Waals surface area (Å²) in [6, 6.07) is 0. The number of aliphatic hydroxyl groups is 1. The first-order valence-electron chi connectivity index (χ1n) is 10.9. The smallest absolute Gasteiger partial charge is 0.132 e. The Morgan fingerprint density at radius 2 is 1.44 bits per heavy atom. The molecule has 1 rings (SSSR count). The second-order valence-electron chi connectivity index (χ2n) is 7.53. The molecule has 0 bridgehead atoms. The van der Waals surface area contributed by atoms with E-state index in [4.69, 9.17) is 0 Å². The SMILES string of the molecule is CCCCCCCCCCCCCCC/C=C/N1CCN=C1C(C)O.